The molecule has 134 valence electrons. The van der Waals surface area contributed by atoms with Gasteiger partial charge in [-0.05, 0) is 60.0 Å². The first-order valence-corrected chi connectivity index (χ1v) is 9.15. The van der Waals surface area contributed by atoms with Gasteiger partial charge in [-0.3, -0.25) is 10.1 Å². The number of halogens is 3. The Hall–Kier alpha value is -1.74. The van der Waals surface area contributed by atoms with Crippen LogP contribution in [0.15, 0.2) is 53.4 Å². The largest absolute Gasteiger partial charge is 0.390 e. The molecule has 0 radical (unpaired) electrons. The van der Waals surface area contributed by atoms with Gasteiger partial charge >= 0.3 is 4.46 Å². The van der Waals surface area contributed by atoms with Crippen LogP contribution in [0.5, 0.6) is 0 Å². The second-order valence-electron chi connectivity index (χ2n) is 5.26. The summed E-state index contributed by atoms with van der Waals surface area (Å²) in [4.78, 5) is 10.1. The van der Waals surface area contributed by atoms with E-state index in [1.807, 2.05) is 0 Å². The van der Waals surface area contributed by atoms with Crippen molar-refractivity contribution in [2.24, 2.45) is 0 Å². The minimum Gasteiger partial charge on any atom is -0.261 e. The van der Waals surface area contributed by atoms with E-state index in [9.17, 15) is 22.9 Å². The molecule has 0 amide bonds. The molecular weight excluding hydrogens is 394 g/mol. The third kappa shape index (κ3) is 4.46. The molecule has 0 spiro atoms. The van der Waals surface area contributed by atoms with E-state index in [1.54, 1.807) is 19.1 Å². The van der Waals surface area contributed by atoms with Crippen molar-refractivity contribution in [3.8, 4) is 0 Å². The molecule has 0 unspecified atom stereocenters. The molecule has 0 fully saturated rings. The Kier molecular flexibility index (Phi) is 5.68. The number of nitrogens with zero attached hydrogens (tertiary/aromatic N) is 1. The predicted molar refractivity (Wildman–Crippen MR) is 92.1 cm³/mol. The summed E-state index contributed by atoms with van der Waals surface area (Å²) in [7, 11) is -4.17. The monoisotopic (exact) mass is 406 g/mol. The fourth-order valence-electron chi connectivity index (χ4n) is 2.04. The molecule has 0 heterocycles. The van der Waals surface area contributed by atoms with Gasteiger partial charge < -0.3 is 0 Å². The van der Waals surface area contributed by atoms with E-state index in [1.165, 1.54) is 24.3 Å². The SMILES string of the molecule is Cc1ccc(S(=O)(=O)N[C@@H](c2ccc(F)cc2)C(Cl)(Cl)[N+](=O)[O-])cc1. The Morgan fingerprint density at radius 2 is 1.64 bits per heavy atom. The zero-order valence-electron chi connectivity index (χ0n) is 12.8. The average molecular weight is 407 g/mol. The van der Waals surface area contributed by atoms with Crippen molar-refractivity contribution in [2.45, 2.75) is 22.3 Å². The quantitative estimate of drug-likeness (QED) is 0.343. The van der Waals surface area contributed by atoms with Crippen molar-refractivity contribution in [2.75, 3.05) is 0 Å². The lowest BCUT2D eigenvalue weighted by molar-refractivity contribution is -0.520. The number of alkyl halides is 2. The second-order valence-corrected chi connectivity index (χ2v) is 8.32. The van der Waals surface area contributed by atoms with Crippen molar-refractivity contribution < 1.29 is 17.7 Å². The summed E-state index contributed by atoms with van der Waals surface area (Å²) in [6.07, 6.45) is 0. The molecule has 0 aliphatic carbocycles. The van der Waals surface area contributed by atoms with Gasteiger partial charge in [0.15, 0.2) is 0 Å². The zero-order valence-corrected chi connectivity index (χ0v) is 15.1. The van der Waals surface area contributed by atoms with Gasteiger partial charge in [0.1, 0.15) is 11.9 Å². The van der Waals surface area contributed by atoms with Crippen LogP contribution >= 0.6 is 23.2 Å². The predicted octanol–water partition coefficient (Wildman–Crippen LogP) is 3.56. The number of rotatable bonds is 6. The van der Waals surface area contributed by atoms with Gasteiger partial charge in [0.2, 0.25) is 10.0 Å². The van der Waals surface area contributed by atoms with Crippen LogP contribution in [0.25, 0.3) is 0 Å². The van der Waals surface area contributed by atoms with Crippen LogP contribution in [0.1, 0.15) is 17.2 Å². The normalized spacial score (nSPS) is 13.4. The molecule has 1 N–H and O–H groups in total. The topological polar surface area (TPSA) is 89.3 Å². The third-order valence-electron chi connectivity index (χ3n) is 3.40. The molecule has 0 aromatic heterocycles. The van der Waals surface area contributed by atoms with Gasteiger partial charge in [-0.1, -0.05) is 29.8 Å². The molecule has 0 aliphatic heterocycles. The number of sulfonamides is 1. The molecule has 0 aliphatic rings. The van der Waals surface area contributed by atoms with Gasteiger partial charge in [-0.25, -0.2) is 12.8 Å². The molecule has 10 heteroatoms. The van der Waals surface area contributed by atoms with Gasteiger partial charge in [-0.2, -0.15) is 4.72 Å². The summed E-state index contributed by atoms with van der Waals surface area (Å²) in [5.74, 6) is -0.597. The maximum atomic E-state index is 13.1. The molecule has 25 heavy (non-hydrogen) atoms. The highest BCUT2D eigenvalue weighted by Gasteiger charge is 2.50. The lowest BCUT2D eigenvalue weighted by atomic mass is 10.1. The molecule has 1 atom stereocenters. The molecule has 2 rings (SSSR count). The summed E-state index contributed by atoms with van der Waals surface area (Å²) < 4.78 is 37.6. The summed E-state index contributed by atoms with van der Waals surface area (Å²) in [6.45, 7) is 1.78. The van der Waals surface area contributed by atoms with Crippen LogP contribution in [-0.2, 0) is 10.0 Å². The zero-order chi connectivity index (χ0) is 18.8. The van der Waals surface area contributed by atoms with Gasteiger partial charge in [0.25, 0.3) is 0 Å². The van der Waals surface area contributed by atoms with Crippen molar-refractivity contribution in [1.29, 1.82) is 0 Å². The van der Waals surface area contributed by atoms with E-state index < -0.39 is 31.3 Å². The van der Waals surface area contributed by atoms with Crippen molar-refractivity contribution in [1.82, 2.24) is 4.72 Å². The highest BCUT2D eigenvalue weighted by atomic mass is 35.5. The Bertz CT molecular complexity index is 871. The fourth-order valence-corrected chi connectivity index (χ4v) is 3.78. The van der Waals surface area contributed by atoms with Gasteiger partial charge in [-0.15, -0.1) is 0 Å². The van der Waals surface area contributed by atoms with Crippen LogP contribution in [0.2, 0.25) is 0 Å². The number of benzene rings is 2. The van der Waals surface area contributed by atoms with E-state index in [4.69, 9.17) is 23.2 Å². The van der Waals surface area contributed by atoms with Crippen LogP contribution in [0.3, 0.4) is 0 Å². The molecule has 0 saturated carbocycles. The smallest absolute Gasteiger partial charge is 0.261 e. The van der Waals surface area contributed by atoms with Gasteiger partial charge in [0.05, 0.1) is 9.82 Å². The minimum absolute atomic E-state index is 0.0405. The molecule has 2 aromatic carbocycles. The highest BCUT2D eigenvalue weighted by molar-refractivity contribution is 7.89. The Labute approximate surface area is 153 Å². The van der Waals surface area contributed by atoms with Crippen molar-refractivity contribution >= 4 is 33.2 Å². The molecular formula is C15H13Cl2FN2O4S. The van der Waals surface area contributed by atoms with E-state index in [2.05, 4.69) is 4.72 Å². The second kappa shape index (κ2) is 7.25. The number of aryl methyl sites for hydroxylation is 1. The van der Waals surface area contributed by atoms with Crippen LogP contribution < -0.4 is 4.72 Å². The highest BCUT2D eigenvalue weighted by Crippen LogP contribution is 2.37. The molecule has 0 bridgehead atoms. The first-order chi connectivity index (χ1) is 11.5. The average Bonchev–Trinajstić information content (AvgIpc) is 2.54. The van der Waals surface area contributed by atoms with E-state index in [-0.39, 0.29) is 10.5 Å². The van der Waals surface area contributed by atoms with E-state index in [0.29, 0.717) is 0 Å². The summed E-state index contributed by atoms with van der Waals surface area (Å²) in [6, 6.07) is 8.57. The van der Waals surface area contributed by atoms with Crippen LogP contribution in [-0.4, -0.2) is 17.8 Å². The van der Waals surface area contributed by atoms with Crippen molar-refractivity contribution in [3.63, 3.8) is 0 Å². The van der Waals surface area contributed by atoms with Crippen LogP contribution in [0.4, 0.5) is 4.39 Å². The lowest BCUT2D eigenvalue weighted by Gasteiger charge is -2.24. The molecule has 0 saturated heterocycles. The number of nitro groups is 1. The van der Waals surface area contributed by atoms with E-state index >= 15 is 0 Å². The minimum atomic E-state index is -4.17. The van der Waals surface area contributed by atoms with Crippen LogP contribution in [0, 0.1) is 22.9 Å². The molecule has 6 nitrogen and oxygen atoms in total. The summed E-state index contributed by atoms with van der Waals surface area (Å²) in [5, 5.41) is 11.2. The maximum Gasteiger partial charge on any atom is 0.390 e. The first-order valence-electron chi connectivity index (χ1n) is 6.91. The lowest BCUT2D eigenvalue weighted by Crippen LogP contribution is -2.43. The van der Waals surface area contributed by atoms with Gasteiger partial charge in [0, 0.05) is 0 Å². The summed E-state index contributed by atoms with van der Waals surface area (Å²) >= 11 is 11.6. The van der Waals surface area contributed by atoms with E-state index in [0.717, 1.165) is 17.7 Å². The Morgan fingerprint density at radius 3 is 2.12 bits per heavy atom. The number of nitrogens with one attached hydrogen (secondary N) is 1. The Morgan fingerprint density at radius 1 is 1.12 bits per heavy atom. The fraction of sp³-hybridized carbons (Fsp3) is 0.200. The third-order valence-corrected chi connectivity index (χ3v) is 5.55. The Balaban J connectivity index is 2.47. The molecule has 2 aromatic rings. The number of hydrogen-bond acceptors (Lipinski definition) is 4. The standard InChI is InChI=1S/C15H13Cl2FN2O4S/c1-10-2-8-13(9-3-10)25(23,24)19-14(15(16,17)20(21)22)11-4-6-12(18)7-5-11/h2-9,14,19H,1H3/t14-/m0/s1. The maximum absolute atomic E-state index is 13.1. The number of hydrogen-bond donors (Lipinski definition) is 1. The summed E-state index contributed by atoms with van der Waals surface area (Å²) in [5.41, 5.74) is 0.877. The van der Waals surface area contributed by atoms with Crippen molar-refractivity contribution in [3.05, 3.63) is 75.6 Å². The first kappa shape index (κ1) is 19.6.